The van der Waals surface area contributed by atoms with E-state index in [2.05, 4.69) is 29.1 Å². The number of hydrogen-bond acceptors (Lipinski definition) is 5. The van der Waals surface area contributed by atoms with E-state index >= 15 is 0 Å². The predicted molar refractivity (Wildman–Crippen MR) is 129 cm³/mol. The largest absolute Gasteiger partial charge is 0.481 e. The summed E-state index contributed by atoms with van der Waals surface area (Å²) >= 11 is 0. The van der Waals surface area contributed by atoms with Crippen molar-refractivity contribution in [3.05, 3.63) is 24.3 Å². The summed E-state index contributed by atoms with van der Waals surface area (Å²) in [7, 11) is 4.09. The molecule has 0 aromatic heterocycles. The molecule has 0 fully saturated rings. The number of hydrogen-bond donors (Lipinski definition) is 4. The van der Waals surface area contributed by atoms with Gasteiger partial charge in [0.05, 0.1) is 27.1 Å². The monoisotopic (exact) mass is 467 g/mol. The topological polar surface area (TPSA) is 125 Å². The highest BCUT2D eigenvalue weighted by atomic mass is 16.4. The molecule has 0 saturated heterocycles. The molecule has 0 saturated carbocycles. The summed E-state index contributed by atoms with van der Waals surface area (Å²) in [5.41, 5.74) is 0.939. The molecule has 188 valence electrons. The number of Topliss-reactive ketones (excluding diaryl/α,β-unsaturated/α-hetero) is 1. The molecule has 33 heavy (non-hydrogen) atoms. The Bertz CT molecular complexity index is 703. The average molecular weight is 468 g/mol. The standard InChI is InChI=1S/C24H42N4O5/c1-18(2)23(32)26-15-9-14-25-16-13-21(27-24(33)19(3)4)28(5,6)17-8-7-10-20(29)11-12-22(30)31/h21,25H,1,3,7-17H2,2,4-6H3,(H2-,26,27,30,31,32,33)/p+1. The van der Waals surface area contributed by atoms with Crippen molar-refractivity contribution in [2.75, 3.05) is 40.3 Å². The second kappa shape index (κ2) is 16.1. The van der Waals surface area contributed by atoms with Crippen molar-refractivity contribution in [1.29, 1.82) is 0 Å². The number of nitrogens with zero attached hydrogens (tertiary/aromatic N) is 1. The van der Waals surface area contributed by atoms with Gasteiger partial charge in [0.1, 0.15) is 5.78 Å². The zero-order chi connectivity index (χ0) is 25.4. The zero-order valence-corrected chi connectivity index (χ0v) is 20.8. The highest BCUT2D eigenvalue weighted by Crippen LogP contribution is 2.13. The lowest BCUT2D eigenvalue weighted by atomic mass is 10.1. The molecule has 0 bridgehead atoms. The third-order valence-corrected chi connectivity index (χ3v) is 5.38. The number of rotatable bonds is 19. The van der Waals surface area contributed by atoms with Crippen molar-refractivity contribution in [2.45, 2.75) is 65.0 Å². The first-order valence-electron chi connectivity index (χ1n) is 11.5. The van der Waals surface area contributed by atoms with E-state index in [9.17, 15) is 19.2 Å². The first kappa shape index (κ1) is 30.5. The molecule has 0 heterocycles. The number of unbranched alkanes of at least 4 members (excludes halogenated alkanes) is 1. The van der Waals surface area contributed by atoms with E-state index in [0.29, 0.717) is 48.0 Å². The van der Waals surface area contributed by atoms with E-state index in [1.165, 1.54) is 0 Å². The SMILES string of the molecule is C=C(C)C(=O)NCCCNCCC(NC(=O)C(=C)C)[N+](C)(C)CCCCC(=O)CCC(=O)O. The van der Waals surface area contributed by atoms with Gasteiger partial charge in [-0.05, 0) is 39.7 Å². The van der Waals surface area contributed by atoms with Crippen LogP contribution in [0.5, 0.6) is 0 Å². The molecule has 1 atom stereocenters. The molecule has 4 N–H and O–H groups in total. The van der Waals surface area contributed by atoms with Gasteiger partial charge in [-0.25, -0.2) is 0 Å². The van der Waals surface area contributed by atoms with Crippen LogP contribution in [0, 0.1) is 0 Å². The molecule has 2 amide bonds. The highest BCUT2D eigenvalue weighted by molar-refractivity contribution is 5.92. The Morgan fingerprint density at radius 2 is 1.48 bits per heavy atom. The number of nitrogens with one attached hydrogen (secondary N) is 3. The molecule has 0 rings (SSSR count). The number of ketones is 1. The van der Waals surface area contributed by atoms with Crippen LogP contribution in [0.15, 0.2) is 24.3 Å². The Morgan fingerprint density at radius 3 is 2.06 bits per heavy atom. The minimum absolute atomic E-state index is 0.0292. The fourth-order valence-corrected chi connectivity index (χ4v) is 3.17. The molecule has 9 nitrogen and oxygen atoms in total. The molecule has 1 unspecified atom stereocenters. The summed E-state index contributed by atoms with van der Waals surface area (Å²) in [5, 5.41) is 17.9. The van der Waals surface area contributed by atoms with E-state index in [1.807, 2.05) is 14.1 Å². The summed E-state index contributed by atoms with van der Waals surface area (Å²) in [4.78, 5) is 46.1. The lowest BCUT2D eigenvalue weighted by Gasteiger charge is -2.38. The minimum atomic E-state index is -0.956. The van der Waals surface area contributed by atoms with Gasteiger partial charge in [-0.3, -0.25) is 19.2 Å². The van der Waals surface area contributed by atoms with Crippen LogP contribution in [-0.2, 0) is 19.2 Å². The smallest absolute Gasteiger partial charge is 0.303 e. The molecule has 0 radical (unpaired) electrons. The fourth-order valence-electron chi connectivity index (χ4n) is 3.17. The van der Waals surface area contributed by atoms with Crippen LogP contribution in [-0.4, -0.2) is 79.6 Å². The van der Waals surface area contributed by atoms with E-state index in [4.69, 9.17) is 5.11 Å². The summed E-state index contributed by atoms with van der Waals surface area (Å²) in [6.45, 7) is 13.4. The fraction of sp³-hybridized carbons (Fsp3) is 0.667. The minimum Gasteiger partial charge on any atom is -0.481 e. The molecule has 0 spiro atoms. The summed E-state index contributed by atoms with van der Waals surface area (Å²) in [6.07, 6.45) is 3.18. The van der Waals surface area contributed by atoms with E-state index in [0.717, 1.165) is 25.9 Å². The van der Waals surface area contributed by atoms with Crippen LogP contribution in [0.4, 0.5) is 0 Å². The quantitative estimate of drug-likeness (QED) is 0.0993. The number of carbonyl (C=O) groups is 4. The summed E-state index contributed by atoms with van der Waals surface area (Å²) < 4.78 is 0.554. The molecular formula is C24H43N4O5+. The van der Waals surface area contributed by atoms with E-state index < -0.39 is 5.97 Å². The van der Waals surface area contributed by atoms with Crippen molar-refractivity contribution < 1.29 is 28.8 Å². The van der Waals surface area contributed by atoms with Gasteiger partial charge < -0.3 is 25.5 Å². The van der Waals surface area contributed by atoms with Crippen molar-refractivity contribution >= 4 is 23.6 Å². The van der Waals surface area contributed by atoms with Gasteiger partial charge in [-0.2, -0.15) is 0 Å². The van der Waals surface area contributed by atoms with Crippen LogP contribution in [0.2, 0.25) is 0 Å². The number of aliphatic carboxylic acids is 1. The highest BCUT2D eigenvalue weighted by Gasteiger charge is 2.29. The van der Waals surface area contributed by atoms with Crippen molar-refractivity contribution in [3.8, 4) is 0 Å². The first-order chi connectivity index (χ1) is 15.4. The second-order valence-electron chi connectivity index (χ2n) is 9.09. The first-order valence-corrected chi connectivity index (χ1v) is 11.5. The van der Waals surface area contributed by atoms with Gasteiger partial charge >= 0.3 is 5.97 Å². The van der Waals surface area contributed by atoms with E-state index in [-0.39, 0.29) is 36.6 Å². The Hall–Kier alpha value is -2.52. The number of carboxylic acids is 1. The number of carbonyl (C=O) groups excluding carboxylic acids is 3. The maximum Gasteiger partial charge on any atom is 0.303 e. The molecule has 9 heteroatoms. The van der Waals surface area contributed by atoms with Crippen LogP contribution in [0.1, 0.15) is 58.8 Å². The van der Waals surface area contributed by atoms with Gasteiger partial charge in [0.2, 0.25) is 5.91 Å². The Morgan fingerprint density at radius 1 is 0.848 bits per heavy atom. The predicted octanol–water partition coefficient (Wildman–Crippen LogP) is 1.75. The maximum atomic E-state index is 12.3. The maximum absolute atomic E-state index is 12.3. The number of quaternary nitrogens is 1. The lowest BCUT2D eigenvalue weighted by molar-refractivity contribution is -0.917. The molecular weight excluding hydrogens is 424 g/mol. The van der Waals surface area contributed by atoms with Crippen molar-refractivity contribution in [3.63, 3.8) is 0 Å². The number of amides is 2. The van der Waals surface area contributed by atoms with Gasteiger partial charge in [-0.15, -0.1) is 0 Å². The van der Waals surface area contributed by atoms with Crippen LogP contribution in [0.25, 0.3) is 0 Å². The van der Waals surface area contributed by atoms with Crippen LogP contribution in [0.3, 0.4) is 0 Å². The average Bonchev–Trinajstić information content (AvgIpc) is 2.73. The normalized spacial score (nSPS) is 12.0. The van der Waals surface area contributed by atoms with Crippen LogP contribution < -0.4 is 16.0 Å². The van der Waals surface area contributed by atoms with Crippen molar-refractivity contribution in [1.82, 2.24) is 16.0 Å². The Labute approximate surface area is 198 Å². The Kier molecular flexibility index (Phi) is 14.9. The van der Waals surface area contributed by atoms with Crippen LogP contribution >= 0.6 is 0 Å². The zero-order valence-electron chi connectivity index (χ0n) is 20.8. The number of carboxylic acid groups (broad SMARTS) is 1. The molecule has 0 aliphatic rings. The third-order valence-electron chi connectivity index (χ3n) is 5.38. The lowest BCUT2D eigenvalue weighted by Crippen LogP contribution is -2.58. The van der Waals surface area contributed by atoms with Crippen molar-refractivity contribution in [2.24, 2.45) is 0 Å². The summed E-state index contributed by atoms with van der Waals surface area (Å²) in [6, 6.07) is 0. The Balaban J connectivity index is 4.52. The van der Waals surface area contributed by atoms with Gasteiger partial charge in [0, 0.05) is 43.5 Å². The third kappa shape index (κ3) is 15.0. The van der Waals surface area contributed by atoms with Gasteiger partial charge in [0.25, 0.3) is 5.91 Å². The van der Waals surface area contributed by atoms with Gasteiger partial charge in [-0.1, -0.05) is 13.2 Å². The second-order valence-corrected chi connectivity index (χ2v) is 9.09. The van der Waals surface area contributed by atoms with E-state index in [1.54, 1.807) is 13.8 Å². The summed E-state index contributed by atoms with van der Waals surface area (Å²) in [5.74, 6) is -1.31. The molecule has 0 aliphatic heterocycles. The molecule has 0 aromatic rings. The van der Waals surface area contributed by atoms with Gasteiger partial charge in [0.15, 0.2) is 6.17 Å². The molecule has 0 aromatic carbocycles. The molecule has 0 aliphatic carbocycles.